The molecule has 7 heteroatoms. The van der Waals surface area contributed by atoms with Gasteiger partial charge < -0.3 is 14.8 Å². The van der Waals surface area contributed by atoms with Gasteiger partial charge in [-0.2, -0.15) is 0 Å². The van der Waals surface area contributed by atoms with Crippen LogP contribution in [0.4, 0.5) is 0 Å². The van der Waals surface area contributed by atoms with E-state index in [0.717, 1.165) is 30.0 Å². The highest BCUT2D eigenvalue weighted by atomic mass is 32.1. The molecule has 27 heavy (non-hydrogen) atoms. The van der Waals surface area contributed by atoms with E-state index in [1.54, 1.807) is 12.1 Å². The van der Waals surface area contributed by atoms with Gasteiger partial charge >= 0.3 is 5.97 Å². The number of benzene rings is 1. The van der Waals surface area contributed by atoms with Gasteiger partial charge in [-0.15, -0.1) is 11.3 Å². The van der Waals surface area contributed by atoms with Crippen LogP contribution in [0.15, 0.2) is 36.4 Å². The molecule has 0 saturated carbocycles. The fourth-order valence-corrected chi connectivity index (χ4v) is 3.80. The van der Waals surface area contributed by atoms with Crippen LogP contribution in [-0.4, -0.2) is 56.7 Å². The predicted molar refractivity (Wildman–Crippen MR) is 104 cm³/mol. The van der Waals surface area contributed by atoms with Gasteiger partial charge in [-0.1, -0.05) is 29.8 Å². The normalized spacial score (nSPS) is 15.9. The van der Waals surface area contributed by atoms with Crippen LogP contribution in [-0.2, 0) is 9.47 Å². The van der Waals surface area contributed by atoms with Crippen molar-refractivity contribution in [2.45, 2.75) is 13.0 Å². The number of nitrogens with one attached hydrogen (secondary N) is 1. The van der Waals surface area contributed by atoms with E-state index in [2.05, 4.69) is 22.3 Å². The molecule has 1 N–H and O–H groups in total. The molecule has 2 aromatic rings. The second-order valence-electron chi connectivity index (χ2n) is 6.51. The largest absolute Gasteiger partial charge is 0.465 e. The smallest absolute Gasteiger partial charge is 0.348 e. The Balaban J connectivity index is 1.75. The van der Waals surface area contributed by atoms with Crippen molar-refractivity contribution in [1.29, 1.82) is 0 Å². The molecule has 1 aliphatic heterocycles. The van der Waals surface area contributed by atoms with Gasteiger partial charge in [0.15, 0.2) is 0 Å². The van der Waals surface area contributed by atoms with Crippen LogP contribution < -0.4 is 5.32 Å². The molecule has 1 saturated heterocycles. The molecule has 1 atom stereocenters. The van der Waals surface area contributed by atoms with E-state index in [0.29, 0.717) is 29.5 Å². The molecule has 1 aliphatic rings. The van der Waals surface area contributed by atoms with Crippen LogP contribution in [0, 0.1) is 6.92 Å². The van der Waals surface area contributed by atoms with Crippen LogP contribution >= 0.6 is 11.3 Å². The number of methoxy groups -OCH3 is 1. The Morgan fingerprint density at radius 2 is 1.81 bits per heavy atom. The minimum Gasteiger partial charge on any atom is -0.465 e. The molecule has 3 rings (SSSR count). The van der Waals surface area contributed by atoms with Gasteiger partial charge in [0, 0.05) is 19.6 Å². The SMILES string of the molecule is COC(=O)c1ccc(C(=O)N[C@@H](CN2CCOCC2)c2ccc(C)cc2)s1. The van der Waals surface area contributed by atoms with Crippen LogP contribution in [0.2, 0.25) is 0 Å². The monoisotopic (exact) mass is 388 g/mol. The van der Waals surface area contributed by atoms with E-state index >= 15 is 0 Å². The summed E-state index contributed by atoms with van der Waals surface area (Å²) in [4.78, 5) is 27.6. The highest BCUT2D eigenvalue weighted by Gasteiger charge is 2.22. The number of carbonyl (C=O) groups is 2. The van der Waals surface area contributed by atoms with Gasteiger partial charge in [0.05, 0.1) is 31.2 Å². The Morgan fingerprint density at radius 1 is 1.15 bits per heavy atom. The Hall–Kier alpha value is -2.22. The summed E-state index contributed by atoms with van der Waals surface area (Å²) in [5.41, 5.74) is 2.24. The maximum atomic E-state index is 12.8. The third kappa shape index (κ3) is 5.15. The lowest BCUT2D eigenvalue weighted by Crippen LogP contribution is -2.43. The summed E-state index contributed by atoms with van der Waals surface area (Å²) in [6.45, 7) is 5.88. The standard InChI is InChI=1S/C20H24N2O4S/c1-14-3-5-15(6-4-14)16(13-22-9-11-26-12-10-22)21-19(23)17-7-8-18(27-17)20(24)25-2/h3-8,16H,9-13H2,1-2H3,(H,21,23)/t16-/m0/s1. The first-order valence-electron chi connectivity index (χ1n) is 8.92. The van der Waals surface area contributed by atoms with Crippen molar-refractivity contribution in [2.24, 2.45) is 0 Å². The van der Waals surface area contributed by atoms with Crippen molar-refractivity contribution in [3.05, 3.63) is 57.3 Å². The summed E-state index contributed by atoms with van der Waals surface area (Å²) < 4.78 is 10.1. The number of esters is 1. The minimum atomic E-state index is -0.428. The minimum absolute atomic E-state index is 0.139. The Bertz CT molecular complexity index is 782. The van der Waals surface area contributed by atoms with Crippen LogP contribution in [0.25, 0.3) is 0 Å². The van der Waals surface area contributed by atoms with Crippen molar-refractivity contribution in [1.82, 2.24) is 10.2 Å². The average Bonchev–Trinajstić information content (AvgIpc) is 3.19. The van der Waals surface area contributed by atoms with Gasteiger partial charge in [-0.3, -0.25) is 9.69 Å². The number of hydrogen-bond donors (Lipinski definition) is 1. The van der Waals surface area contributed by atoms with Crippen molar-refractivity contribution in [2.75, 3.05) is 40.0 Å². The first kappa shape index (κ1) is 19.5. The van der Waals surface area contributed by atoms with Crippen LogP contribution in [0.5, 0.6) is 0 Å². The number of rotatable bonds is 6. The Kier molecular flexibility index (Phi) is 6.60. The van der Waals surface area contributed by atoms with E-state index in [4.69, 9.17) is 9.47 Å². The van der Waals surface area contributed by atoms with E-state index in [9.17, 15) is 9.59 Å². The number of nitrogens with zero attached hydrogens (tertiary/aromatic N) is 1. The number of aryl methyl sites for hydroxylation is 1. The van der Waals surface area contributed by atoms with Crippen LogP contribution in [0.1, 0.15) is 36.5 Å². The first-order valence-corrected chi connectivity index (χ1v) is 9.74. The molecule has 144 valence electrons. The Labute approximate surface area is 163 Å². The average molecular weight is 388 g/mol. The third-order valence-electron chi connectivity index (χ3n) is 4.55. The number of morpholine rings is 1. The summed E-state index contributed by atoms with van der Waals surface area (Å²) in [6.07, 6.45) is 0. The van der Waals surface area contributed by atoms with Crippen molar-refractivity contribution < 1.29 is 19.1 Å². The molecule has 2 heterocycles. The van der Waals surface area contributed by atoms with E-state index in [-0.39, 0.29) is 11.9 Å². The molecule has 0 bridgehead atoms. The topological polar surface area (TPSA) is 67.9 Å². The highest BCUT2D eigenvalue weighted by molar-refractivity contribution is 7.15. The number of carbonyl (C=O) groups excluding carboxylic acids is 2. The summed E-state index contributed by atoms with van der Waals surface area (Å²) >= 11 is 1.14. The molecule has 6 nitrogen and oxygen atoms in total. The number of thiophene rings is 1. The van der Waals surface area contributed by atoms with Crippen LogP contribution in [0.3, 0.4) is 0 Å². The fraction of sp³-hybridized carbons (Fsp3) is 0.400. The van der Waals surface area contributed by atoms with Gasteiger partial charge in [-0.25, -0.2) is 4.79 Å². The summed E-state index contributed by atoms with van der Waals surface area (Å²) in [7, 11) is 1.33. The summed E-state index contributed by atoms with van der Waals surface area (Å²) in [6, 6.07) is 11.3. The van der Waals surface area contributed by atoms with Gasteiger partial charge in [-0.05, 0) is 24.6 Å². The lowest BCUT2D eigenvalue weighted by Gasteiger charge is -2.31. The molecule has 1 aromatic carbocycles. The molecular formula is C20H24N2O4S. The van der Waals surface area contributed by atoms with Crippen molar-refractivity contribution in [3.63, 3.8) is 0 Å². The zero-order valence-corrected chi connectivity index (χ0v) is 16.4. The maximum Gasteiger partial charge on any atom is 0.348 e. The van der Waals surface area contributed by atoms with Crippen molar-refractivity contribution in [3.8, 4) is 0 Å². The zero-order chi connectivity index (χ0) is 19.2. The zero-order valence-electron chi connectivity index (χ0n) is 15.6. The molecule has 1 amide bonds. The number of hydrogen-bond acceptors (Lipinski definition) is 6. The fourth-order valence-electron chi connectivity index (χ4n) is 2.97. The molecule has 1 fully saturated rings. The second-order valence-corrected chi connectivity index (χ2v) is 7.59. The van der Waals surface area contributed by atoms with E-state index < -0.39 is 5.97 Å². The van der Waals surface area contributed by atoms with E-state index in [1.807, 2.05) is 19.1 Å². The summed E-state index contributed by atoms with van der Waals surface area (Å²) in [5.74, 6) is -0.614. The van der Waals surface area contributed by atoms with Gasteiger partial charge in [0.2, 0.25) is 0 Å². The van der Waals surface area contributed by atoms with Gasteiger partial charge in [0.25, 0.3) is 5.91 Å². The van der Waals surface area contributed by atoms with Gasteiger partial charge in [0.1, 0.15) is 4.88 Å². The number of amides is 1. The predicted octanol–water partition coefficient (Wildman–Crippen LogP) is 2.65. The lowest BCUT2D eigenvalue weighted by molar-refractivity contribution is 0.0332. The highest BCUT2D eigenvalue weighted by Crippen LogP contribution is 2.21. The lowest BCUT2D eigenvalue weighted by atomic mass is 10.0. The molecular weight excluding hydrogens is 364 g/mol. The molecule has 0 unspecified atom stereocenters. The maximum absolute atomic E-state index is 12.8. The molecule has 0 spiro atoms. The Morgan fingerprint density at radius 3 is 2.48 bits per heavy atom. The molecule has 1 aromatic heterocycles. The third-order valence-corrected chi connectivity index (χ3v) is 5.61. The van der Waals surface area contributed by atoms with E-state index in [1.165, 1.54) is 12.7 Å². The molecule has 0 radical (unpaired) electrons. The summed E-state index contributed by atoms with van der Waals surface area (Å²) in [5, 5.41) is 3.12. The first-order chi connectivity index (χ1) is 13.1. The molecule has 0 aliphatic carbocycles. The second kappa shape index (κ2) is 9.12. The quantitative estimate of drug-likeness (QED) is 0.771. The number of ether oxygens (including phenoxy) is 2. The van der Waals surface area contributed by atoms with Crippen molar-refractivity contribution >= 4 is 23.2 Å².